The molecule has 0 saturated heterocycles. The molecule has 1 aromatic rings. The van der Waals surface area contributed by atoms with Crippen molar-refractivity contribution in [3.63, 3.8) is 0 Å². The zero-order valence-corrected chi connectivity index (χ0v) is 8.80. The molecule has 2 nitrogen and oxygen atoms in total. The van der Waals surface area contributed by atoms with Gasteiger partial charge in [-0.15, -0.1) is 0 Å². The molecular weight excluding hydrogens is 196 g/mol. The smallest absolute Gasteiger partial charge is 0.0447 e. The molecule has 1 saturated carbocycles. The van der Waals surface area contributed by atoms with Crippen LogP contribution in [0.15, 0.2) is 24.3 Å². The lowest BCUT2D eigenvalue weighted by Crippen LogP contribution is -2.29. The van der Waals surface area contributed by atoms with Crippen LogP contribution in [0.3, 0.4) is 0 Å². The Hall–Kier alpha value is -0.570. The molecule has 1 aromatic carbocycles. The first-order valence-electron chi connectivity index (χ1n) is 5.01. The van der Waals surface area contributed by atoms with E-state index in [4.69, 9.17) is 17.3 Å². The van der Waals surface area contributed by atoms with Gasteiger partial charge in [0.05, 0.1) is 0 Å². The largest absolute Gasteiger partial charge is 0.329 e. The van der Waals surface area contributed by atoms with Gasteiger partial charge in [-0.1, -0.05) is 23.7 Å². The van der Waals surface area contributed by atoms with Crippen LogP contribution >= 0.6 is 11.6 Å². The molecule has 76 valence electrons. The van der Waals surface area contributed by atoms with Crippen LogP contribution in [0.2, 0.25) is 5.02 Å². The van der Waals surface area contributed by atoms with Crippen molar-refractivity contribution in [1.82, 2.24) is 5.32 Å². The molecule has 0 heterocycles. The Kier molecular flexibility index (Phi) is 3.06. The number of hydrogen-bond donors (Lipinski definition) is 2. The number of nitrogens with two attached hydrogens (primary N) is 1. The Balaban J connectivity index is 2.08. The van der Waals surface area contributed by atoms with Crippen LogP contribution in [0.5, 0.6) is 0 Å². The topological polar surface area (TPSA) is 38.0 Å². The second-order valence-electron chi connectivity index (χ2n) is 3.78. The maximum absolute atomic E-state index is 5.93. The summed E-state index contributed by atoms with van der Waals surface area (Å²) in [6.07, 6.45) is 2.55. The molecule has 2 rings (SSSR count). The van der Waals surface area contributed by atoms with E-state index >= 15 is 0 Å². The molecule has 14 heavy (non-hydrogen) atoms. The van der Waals surface area contributed by atoms with E-state index in [1.54, 1.807) is 0 Å². The summed E-state index contributed by atoms with van der Waals surface area (Å²) >= 11 is 5.93. The van der Waals surface area contributed by atoms with E-state index in [1.807, 2.05) is 18.2 Å². The minimum atomic E-state index is 0.251. The zero-order chi connectivity index (χ0) is 9.97. The van der Waals surface area contributed by atoms with Gasteiger partial charge in [-0.3, -0.25) is 0 Å². The predicted octanol–water partition coefficient (Wildman–Crippen LogP) is 2.09. The number of halogens is 1. The number of rotatable bonds is 4. The molecule has 0 spiro atoms. The van der Waals surface area contributed by atoms with Crippen LogP contribution in [-0.4, -0.2) is 12.6 Å². The third kappa shape index (κ3) is 2.47. The Labute approximate surface area is 89.4 Å². The van der Waals surface area contributed by atoms with E-state index in [9.17, 15) is 0 Å². The first kappa shape index (κ1) is 9.97. The fourth-order valence-electron chi connectivity index (χ4n) is 1.56. The lowest BCUT2D eigenvalue weighted by atomic mass is 10.1. The van der Waals surface area contributed by atoms with Crippen molar-refractivity contribution in [2.75, 3.05) is 6.54 Å². The van der Waals surface area contributed by atoms with Gasteiger partial charge in [-0.05, 0) is 30.5 Å². The van der Waals surface area contributed by atoms with Gasteiger partial charge < -0.3 is 11.1 Å². The van der Waals surface area contributed by atoms with E-state index < -0.39 is 0 Å². The van der Waals surface area contributed by atoms with E-state index in [-0.39, 0.29) is 6.04 Å². The number of benzene rings is 1. The first-order chi connectivity index (χ1) is 6.79. The maximum atomic E-state index is 5.93. The molecular formula is C11H15ClN2. The quantitative estimate of drug-likeness (QED) is 0.799. The van der Waals surface area contributed by atoms with Crippen molar-refractivity contribution < 1.29 is 0 Å². The summed E-state index contributed by atoms with van der Waals surface area (Å²) in [4.78, 5) is 0. The van der Waals surface area contributed by atoms with Crippen molar-refractivity contribution >= 4 is 11.6 Å². The highest BCUT2D eigenvalue weighted by atomic mass is 35.5. The zero-order valence-electron chi connectivity index (χ0n) is 8.04. The highest BCUT2D eigenvalue weighted by Crippen LogP contribution is 2.24. The molecule has 1 atom stereocenters. The van der Waals surface area contributed by atoms with E-state index in [0.717, 1.165) is 5.02 Å². The molecule has 0 aliphatic heterocycles. The van der Waals surface area contributed by atoms with Gasteiger partial charge in [-0.2, -0.15) is 0 Å². The van der Waals surface area contributed by atoms with E-state index in [0.29, 0.717) is 12.6 Å². The van der Waals surface area contributed by atoms with Crippen molar-refractivity contribution in [3.8, 4) is 0 Å². The fraction of sp³-hybridized carbons (Fsp3) is 0.455. The van der Waals surface area contributed by atoms with Gasteiger partial charge in [0.25, 0.3) is 0 Å². The van der Waals surface area contributed by atoms with Gasteiger partial charge in [0, 0.05) is 23.7 Å². The van der Waals surface area contributed by atoms with Gasteiger partial charge >= 0.3 is 0 Å². The maximum Gasteiger partial charge on any atom is 0.0447 e. The SMILES string of the molecule is NCC(NC1CC1)c1cccc(Cl)c1. The van der Waals surface area contributed by atoms with Gasteiger partial charge in [-0.25, -0.2) is 0 Å². The van der Waals surface area contributed by atoms with Crippen LogP contribution in [-0.2, 0) is 0 Å². The second-order valence-corrected chi connectivity index (χ2v) is 4.22. The lowest BCUT2D eigenvalue weighted by Gasteiger charge is -2.16. The van der Waals surface area contributed by atoms with Gasteiger partial charge in [0.1, 0.15) is 0 Å². The van der Waals surface area contributed by atoms with E-state index in [1.165, 1.54) is 18.4 Å². The molecule has 3 heteroatoms. The van der Waals surface area contributed by atoms with Crippen molar-refractivity contribution in [2.45, 2.75) is 24.9 Å². The highest BCUT2D eigenvalue weighted by Gasteiger charge is 2.24. The summed E-state index contributed by atoms with van der Waals surface area (Å²) in [7, 11) is 0. The third-order valence-electron chi connectivity index (χ3n) is 2.50. The fourth-order valence-corrected chi connectivity index (χ4v) is 1.76. The van der Waals surface area contributed by atoms with E-state index in [2.05, 4.69) is 11.4 Å². The van der Waals surface area contributed by atoms with Crippen LogP contribution < -0.4 is 11.1 Å². The molecule has 1 fully saturated rings. The molecule has 3 N–H and O–H groups in total. The summed E-state index contributed by atoms with van der Waals surface area (Å²) in [5.41, 5.74) is 6.91. The standard InChI is InChI=1S/C11H15ClN2/c12-9-3-1-2-8(6-9)11(7-13)14-10-4-5-10/h1-3,6,10-11,14H,4-5,7,13H2. The third-order valence-corrected chi connectivity index (χ3v) is 2.74. The first-order valence-corrected chi connectivity index (χ1v) is 5.39. The van der Waals surface area contributed by atoms with Gasteiger partial charge in [0.2, 0.25) is 0 Å². The molecule has 0 aromatic heterocycles. The normalized spacial score (nSPS) is 18.1. The average Bonchev–Trinajstić information content (AvgIpc) is 2.98. The number of nitrogens with one attached hydrogen (secondary N) is 1. The van der Waals surface area contributed by atoms with Crippen LogP contribution in [0.1, 0.15) is 24.4 Å². The van der Waals surface area contributed by atoms with Crippen LogP contribution in [0, 0.1) is 0 Å². The molecule has 1 aliphatic carbocycles. The highest BCUT2D eigenvalue weighted by molar-refractivity contribution is 6.30. The van der Waals surface area contributed by atoms with Crippen molar-refractivity contribution in [1.29, 1.82) is 0 Å². The molecule has 1 unspecified atom stereocenters. The summed E-state index contributed by atoms with van der Waals surface area (Å²) in [5, 5.41) is 4.28. The average molecular weight is 211 g/mol. The Morgan fingerprint density at radius 3 is 2.86 bits per heavy atom. The summed E-state index contributed by atoms with van der Waals surface area (Å²) in [6, 6.07) is 8.82. The summed E-state index contributed by atoms with van der Waals surface area (Å²) in [5.74, 6) is 0. The second kappa shape index (κ2) is 4.30. The number of hydrogen-bond acceptors (Lipinski definition) is 2. The van der Waals surface area contributed by atoms with Gasteiger partial charge in [0.15, 0.2) is 0 Å². The molecule has 0 radical (unpaired) electrons. The predicted molar refractivity (Wildman–Crippen MR) is 59.4 cm³/mol. The van der Waals surface area contributed by atoms with Crippen LogP contribution in [0.25, 0.3) is 0 Å². The minimum Gasteiger partial charge on any atom is -0.329 e. The Morgan fingerprint density at radius 2 is 2.29 bits per heavy atom. The summed E-state index contributed by atoms with van der Waals surface area (Å²) < 4.78 is 0. The van der Waals surface area contributed by atoms with Crippen LogP contribution in [0.4, 0.5) is 0 Å². The Bertz CT molecular complexity index is 310. The molecule has 0 bridgehead atoms. The monoisotopic (exact) mass is 210 g/mol. The molecule has 1 aliphatic rings. The molecule has 0 amide bonds. The Morgan fingerprint density at radius 1 is 1.50 bits per heavy atom. The van der Waals surface area contributed by atoms with Crippen molar-refractivity contribution in [2.24, 2.45) is 5.73 Å². The lowest BCUT2D eigenvalue weighted by molar-refractivity contribution is 0.539. The van der Waals surface area contributed by atoms with Crippen molar-refractivity contribution in [3.05, 3.63) is 34.9 Å². The minimum absolute atomic E-state index is 0.251. The summed E-state index contributed by atoms with van der Waals surface area (Å²) in [6.45, 7) is 0.622.